The van der Waals surface area contributed by atoms with E-state index >= 15 is 0 Å². The second kappa shape index (κ2) is 9.69. The summed E-state index contributed by atoms with van der Waals surface area (Å²) in [5, 5.41) is 21.5. The van der Waals surface area contributed by atoms with Crippen molar-refractivity contribution in [1.29, 1.82) is 0 Å². The normalized spacial score (nSPS) is 12.8. The lowest BCUT2D eigenvalue weighted by Gasteiger charge is -2.16. The minimum absolute atomic E-state index is 0.661. The van der Waals surface area contributed by atoms with E-state index in [0.29, 0.717) is 11.5 Å². The highest BCUT2D eigenvalue weighted by molar-refractivity contribution is 5.64. The van der Waals surface area contributed by atoms with Crippen molar-refractivity contribution in [2.45, 2.75) is 12.2 Å². The zero-order valence-corrected chi connectivity index (χ0v) is 18.1. The Morgan fingerprint density at radius 1 is 0.562 bits per heavy atom. The van der Waals surface area contributed by atoms with E-state index in [1.54, 1.807) is 14.2 Å². The second-order valence-corrected chi connectivity index (χ2v) is 7.57. The predicted octanol–water partition coefficient (Wildman–Crippen LogP) is 5.53. The van der Waals surface area contributed by atoms with E-state index in [4.69, 9.17) is 9.47 Å². The Kier molecular flexibility index (Phi) is 6.55. The number of aliphatic hydroxyl groups is 2. The molecule has 0 aliphatic heterocycles. The minimum Gasteiger partial charge on any atom is -0.497 e. The molecule has 2 atom stereocenters. The Morgan fingerprint density at radius 3 is 1.75 bits per heavy atom. The van der Waals surface area contributed by atoms with Crippen LogP contribution in [0.3, 0.4) is 0 Å². The molecule has 0 aliphatic carbocycles. The van der Waals surface area contributed by atoms with Gasteiger partial charge in [-0.1, -0.05) is 78.9 Å². The molecule has 4 heteroatoms. The van der Waals surface area contributed by atoms with Crippen LogP contribution in [0, 0.1) is 0 Å². The molecule has 2 unspecified atom stereocenters. The van der Waals surface area contributed by atoms with Crippen molar-refractivity contribution in [2.24, 2.45) is 0 Å². The van der Waals surface area contributed by atoms with Gasteiger partial charge in [0.25, 0.3) is 0 Å². The summed E-state index contributed by atoms with van der Waals surface area (Å²) in [6, 6.07) is 30.6. The molecule has 4 aromatic carbocycles. The summed E-state index contributed by atoms with van der Waals surface area (Å²) in [7, 11) is 3.21. The van der Waals surface area contributed by atoms with Gasteiger partial charge in [0.05, 0.1) is 14.2 Å². The van der Waals surface area contributed by atoms with Gasteiger partial charge in [-0.2, -0.15) is 0 Å². The van der Waals surface area contributed by atoms with E-state index in [-0.39, 0.29) is 0 Å². The summed E-state index contributed by atoms with van der Waals surface area (Å²) in [5.74, 6) is 1.38. The van der Waals surface area contributed by atoms with Gasteiger partial charge in [0, 0.05) is 5.56 Å². The maximum absolute atomic E-state index is 10.8. The number of hydrogen-bond acceptors (Lipinski definition) is 4. The van der Waals surface area contributed by atoms with Gasteiger partial charge in [-0.25, -0.2) is 0 Å². The number of methoxy groups -OCH3 is 2. The highest BCUT2D eigenvalue weighted by atomic mass is 16.5. The Morgan fingerprint density at radius 2 is 1.16 bits per heavy atom. The lowest BCUT2D eigenvalue weighted by Crippen LogP contribution is -2.02. The fourth-order valence-electron chi connectivity index (χ4n) is 3.79. The molecule has 0 radical (unpaired) electrons. The first kappa shape index (κ1) is 21.6. The summed E-state index contributed by atoms with van der Waals surface area (Å²) in [6.07, 6.45) is -1.49. The summed E-state index contributed by atoms with van der Waals surface area (Å²) in [6.45, 7) is 0. The fraction of sp³-hybridized carbons (Fsp3) is 0.143. The van der Waals surface area contributed by atoms with Crippen LogP contribution in [0.2, 0.25) is 0 Å². The van der Waals surface area contributed by atoms with Crippen LogP contribution in [0.15, 0.2) is 97.1 Å². The number of para-hydroxylation sites is 1. The zero-order chi connectivity index (χ0) is 22.5. The SMILES string of the molecule is COc1cccc(C(O)c2ccc(-c3ccc(C(O)c4ccccc4OC)cc3)cc2)c1. The Bertz CT molecular complexity index is 1170. The van der Waals surface area contributed by atoms with Gasteiger partial charge in [-0.15, -0.1) is 0 Å². The number of hydrogen-bond donors (Lipinski definition) is 2. The van der Waals surface area contributed by atoms with E-state index in [9.17, 15) is 10.2 Å². The maximum Gasteiger partial charge on any atom is 0.125 e. The Labute approximate surface area is 188 Å². The van der Waals surface area contributed by atoms with E-state index in [2.05, 4.69) is 0 Å². The average molecular weight is 427 g/mol. The zero-order valence-electron chi connectivity index (χ0n) is 18.1. The highest BCUT2D eigenvalue weighted by Gasteiger charge is 2.15. The first-order chi connectivity index (χ1) is 15.6. The smallest absolute Gasteiger partial charge is 0.125 e. The van der Waals surface area contributed by atoms with E-state index < -0.39 is 12.2 Å². The van der Waals surface area contributed by atoms with Crippen LogP contribution in [0.5, 0.6) is 11.5 Å². The molecule has 0 amide bonds. The van der Waals surface area contributed by atoms with E-state index in [1.165, 1.54) is 0 Å². The molecule has 0 saturated heterocycles. The van der Waals surface area contributed by atoms with Crippen LogP contribution >= 0.6 is 0 Å². The number of rotatable bonds is 7. The molecule has 0 spiro atoms. The van der Waals surface area contributed by atoms with Crippen molar-refractivity contribution < 1.29 is 19.7 Å². The van der Waals surface area contributed by atoms with Gasteiger partial charge in [0.1, 0.15) is 23.7 Å². The molecule has 0 bridgehead atoms. The lowest BCUT2D eigenvalue weighted by molar-refractivity contribution is 0.214. The fourth-order valence-corrected chi connectivity index (χ4v) is 3.79. The number of ether oxygens (including phenoxy) is 2. The number of aliphatic hydroxyl groups excluding tert-OH is 2. The summed E-state index contributed by atoms with van der Waals surface area (Å²) >= 11 is 0. The van der Waals surface area contributed by atoms with Gasteiger partial charge < -0.3 is 19.7 Å². The molecule has 0 saturated carbocycles. The summed E-state index contributed by atoms with van der Waals surface area (Å²) in [5.41, 5.74) is 5.19. The van der Waals surface area contributed by atoms with Crippen molar-refractivity contribution in [2.75, 3.05) is 14.2 Å². The van der Waals surface area contributed by atoms with Crippen molar-refractivity contribution in [3.8, 4) is 22.6 Å². The molecular weight excluding hydrogens is 400 g/mol. The standard InChI is InChI=1S/C28H26O4/c1-31-24-7-5-6-23(18-24)27(29)21-14-10-19(11-15-21)20-12-16-22(17-13-20)28(30)25-8-3-4-9-26(25)32-2/h3-18,27-30H,1-2H3. The first-order valence-electron chi connectivity index (χ1n) is 10.4. The minimum atomic E-state index is -0.763. The van der Waals surface area contributed by atoms with Crippen molar-refractivity contribution in [3.05, 3.63) is 119 Å². The van der Waals surface area contributed by atoms with E-state index in [0.717, 1.165) is 33.4 Å². The maximum atomic E-state index is 10.8. The highest BCUT2D eigenvalue weighted by Crippen LogP contribution is 2.32. The number of benzene rings is 4. The molecule has 4 aromatic rings. The topological polar surface area (TPSA) is 58.9 Å². The van der Waals surface area contributed by atoms with Gasteiger partial charge in [0.15, 0.2) is 0 Å². The Balaban J connectivity index is 1.52. The van der Waals surface area contributed by atoms with Gasteiger partial charge in [-0.05, 0) is 46.0 Å². The van der Waals surface area contributed by atoms with Gasteiger partial charge in [0.2, 0.25) is 0 Å². The molecule has 0 fully saturated rings. The van der Waals surface area contributed by atoms with Gasteiger partial charge in [-0.3, -0.25) is 0 Å². The third-order valence-electron chi connectivity index (χ3n) is 5.63. The molecule has 162 valence electrons. The molecule has 4 rings (SSSR count). The third kappa shape index (κ3) is 4.52. The Hall–Kier alpha value is -3.60. The molecule has 32 heavy (non-hydrogen) atoms. The molecule has 4 nitrogen and oxygen atoms in total. The van der Waals surface area contributed by atoms with Crippen LogP contribution in [-0.4, -0.2) is 24.4 Å². The second-order valence-electron chi connectivity index (χ2n) is 7.57. The first-order valence-corrected chi connectivity index (χ1v) is 10.4. The van der Waals surface area contributed by atoms with Crippen molar-refractivity contribution in [1.82, 2.24) is 0 Å². The van der Waals surface area contributed by atoms with Crippen LogP contribution in [0.1, 0.15) is 34.5 Å². The van der Waals surface area contributed by atoms with Crippen molar-refractivity contribution in [3.63, 3.8) is 0 Å². The largest absolute Gasteiger partial charge is 0.497 e. The van der Waals surface area contributed by atoms with Crippen LogP contribution < -0.4 is 9.47 Å². The third-order valence-corrected chi connectivity index (χ3v) is 5.63. The van der Waals surface area contributed by atoms with Crippen LogP contribution in [0.4, 0.5) is 0 Å². The molecular formula is C28H26O4. The van der Waals surface area contributed by atoms with Crippen LogP contribution in [-0.2, 0) is 0 Å². The van der Waals surface area contributed by atoms with Gasteiger partial charge >= 0.3 is 0 Å². The van der Waals surface area contributed by atoms with Crippen molar-refractivity contribution >= 4 is 0 Å². The monoisotopic (exact) mass is 426 g/mol. The molecule has 0 aliphatic rings. The van der Waals surface area contributed by atoms with E-state index in [1.807, 2.05) is 97.1 Å². The molecule has 2 N–H and O–H groups in total. The summed E-state index contributed by atoms with van der Waals surface area (Å²) in [4.78, 5) is 0. The lowest BCUT2D eigenvalue weighted by atomic mass is 9.96. The molecule has 0 aromatic heterocycles. The quantitative estimate of drug-likeness (QED) is 0.408. The molecule has 0 heterocycles. The van der Waals surface area contributed by atoms with Crippen LogP contribution in [0.25, 0.3) is 11.1 Å². The summed E-state index contributed by atoms with van der Waals surface area (Å²) < 4.78 is 10.6. The average Bonchev–Trinajstić information content (AvgIpc) is 2.88. The predicted molar refractivity (Wildman–Crippen MR) is 126 cm³/mol.